The van der Waals surface area contributed by atoms with Gasteiger partial charge in [-0.1, -0.05) is 0 Å². The summed E-state index contributed by atoms with van der Waals surface area (Å²) in [6, 6.07) is 5.77. The quantitative estimate of drug-likeness (QED) is 0.849. The van der Waals surface area contributed by atoms with Crippen molar-refractivity contribution >= 4 is 11.6 Å². The van der Waals surface area contributed by atoms with E-state index in [0.717, 1.165) is 12.2 Å². The normalized spacial score (nSPS) is 17.9. The van der Waals surface area contributed by atoms with Crippen molar-refractivity contribution in [2.45, 2.75) is 13.0 Å². The monoisotopic (exact) mass is 313 g/mol. The number of amides is 1. The van der Waals surface area contributed by atoms with Crippen LogP contribution in [0.4, 0.5) is 5.69 Å². The summed E-state index contributed by atoms with van der Waals surface area (Å²) in [6.45, 7) is 4.19. The topological polar surface area (TPSA) is 71.5 Å². The summed E-state index contributed by atoms with van der Waals surface area (Å²) < 4.78 is 5.05. The molecule has 1 amide bonds. The van der Waals surface area contributed by atoms with Gasteiger partial charge in [0, 0.05) is 49.8 Å². The molecule has 7 heteroatoms. The second-order valence-corrected chi connectivity index (χ2v) is 5.44. The number of hydrogen-bond donors (Lipinski definition) is 0. The van der Waals surface area contributed by atoms with Gasteiger partial charge in [-0.2, -0.15) is 0 Å². The molecule has 0 aromatic carbocycles. The molecule has 1 aliphatic rings. The van der Waals surface area contributed by atoms with E-state index in [1.807, 2.05) is 17.0 Å². The average molecular weight is 313 g/mol. The number of methoxy groups -OCH3 is 1. The SMILES string of the molecule is COc1cc(C(=O)N2CCN(c3ccncc3)C(C)C2)ncn1. The average Bonchev–Trinajstić information content (AvgIpc) is 2.61. The fourth-order valence-electron chi connectivity index (χ4n) is 2.79. The summed E-state index contributed by atoms with van der Waals surface area (Å²) in [6.07, 6.45) is 4.92. The van der Waals surface area contributed by atoms with Crippen molar-refractivity contribution in [3.8, 4) is 5.88 Å². The number of carbonyl (C=O) groups excluding carboxylic acids is 1. The zero-order valence-electron chi connectivity index (χ0n) is 13.2. The molecule has 23 heavy (non-hydrogen) atoms. The molecule has 1 unspecified atom stereocenters. The van der Waals surface area contributed by atoms with Crippen molar-refractivity contribution in [2.24, 2.45) is 0 Å². The molecule has 1 saturated heterocycles. The second-order valence-electron chi connectivity index (χ2n) is 5.44. The Morgan fingerprint density at radius 3 is 2.74 bits per heavy atom. The fraction of sp³-hybridized carbons (Fsp3) is 0.375. The van der Waals surface area contributed by atoms with Gasteiger partial charge in [0.05, 0.1) is 7.11 Å². The maximum Gasteiger partial charge on any atom is 0.272 e. The number of hydrogen-bond acceptors (Lipinski definition) is 6. The molecule has 7 nitrogen and oxygen atoms in total. The van der Waals surface area contributed by atoms with Crippen LogP contribution in [-0.4, -0.2) is 58.5 Å². The summed E-state index contributed by atoms with van der Waals surface area (Å²) >= 11 is 0. The van der Waals surface area contributed by atoms with Crippen LogP contribution in [0.3, 0.4) is 0 Å². The predicted molar refractivity (Wildman–Crippen MR) is 85.5 cm³/mol. The molecule has 1 atom stereocenters. The molecule has 3 heterocycles. The van der Waals surface area contributed by atoms with E-state index in [2.05, 4.69) is 26.8 Å². The number of pyridine rings is 1. The van der Waals surface area contributed by atoms with Crippen molar-refractivity contribution in [3.63, 3.8) is 0 Å². The van der Waals surface area contributed by atoms with Crippen molar-refractivity contribution in [2.75, 3.05) is 31.6 Å². The summed E-state index contributed by atoms with van der Waals surface area (Å²) in [5.74, 6) is 0.304. The van der Waals surface area contributed by atoms with E-state index < -0.39 is 0 Å². The van der Waals surface area contributed by atoms with Gasteiger partial charge in [0.15, 0.2) is 0 Å². The third-order valence-electron chi connectivity index (χ3n) is 3.98. The molecule has 0 aliphatic carbocycles. The van der Waals surface area contributed by atoms with Crippen LogP contribution in [0.5, 0.6) is 5.88 Å². The smallest absolute Gasteiger partial charge is 0.272 e. The van der Waals surface area contributed by atoms with Crippen LogP contribution in [0.15, 0.2) is 36.9 Å². The van der Waals surface area contributed by atoms with Gasteiger partial charge in [0.2, 0.25) is 5.88 Å². The van der Waals surface area contributed by atoms with Crippen LogP contribution in [-0.2, 0) is 0 Å². The maximum atomic E-state index is 12.6. The number of rotatable bonds is 3. The molecular weight excluding hydrogens is 294 g/mol. The van der Waals surface area contributed by atoms with Crippen molar-refractivity contribution in [1.29, 1.82) is 0 Å². The van der Waals surface area contributed by atoms with Gasteiger partial charge in [0.25, 0.3) is 5.91 Å². The standard InChI is InChI=1S/C16H19N5O2/c1-12-10-20(7-8-21(12)13-3-5-17-6-4-13)16(22)14-9-15(23-2)19-11-18-14/h3-6,9,11-12H,7-8,10H2,1-2H3. The van der Waals surface area contributed by atoms with E-state index in [1.165, 1.54) is 13.4 Å². The van der Waals surface area contributed by atoms with Crippen molar-refractivity contribution in [1.82, 2.24) is 19.9 Å². The van der Waals surface area contributed by atoms with E-state index >= 15 is 0 Å². The van der Waals surface area contributed by atoms with Crippen LogP contribution < -0.4 is 9.64 Å². The van der Waals surface area contributed by atoms with Crippen LogP contribution in [0, 0.1) is 0 Å². The molecular formula is C16H19N5O2. The summed E-state index contributed by atoms with van der Waals surface area (Å²) in [5.41, 5.74) is 1.49. The van der Waals surface area contributed by atoms with Crippen molar-refractivity contribution < 1.29 is 9.53 Å². The molecule has 0 bridgehead atoms. The van der Waals surface area contributed by atoms with Gasteiger partial charge >= 0.3 is 0 Å². The number of piperazine rings is 1. The molecule has 0 spiro atoms. The van der Waals surface area contributed by atoms with E-state index in [0.29, 0.717) is 24.7 Å². The Balaban J connectivity index is 1.71. The number of carbonyl (C=O) groups is 1. The number of nitrogens with zero attached hydrogens (tertiary/aromatic N) is 5. The first kappa shape index (κ1) is 15.2. The first-order chi connectivity index (χ1) is 11.2. The van der Waals surface area contributed by atoms with Crippen LogP contribution in [0.25, 0.3) is 0 Å². The Hall–Kier alpha value is -2.70. The highest BCUT2D eigenvalue weighted by atomic mass is 16.5. The molecule has 120 valence electrons. The molecule has 3 rings (SSSR count). The molecule has 1 aliphatic heterocycles. The van der Waals surface area contributed by atoms with Crippen molar-refractivity contribution in [3.05, 3.63) is 42.6 Å². The zero-order chi connectivity index (χ0) is 16.2. The molecule has 0 saturated carbocycles. The lowest BCUT2D eigenvalue weighted by Gasteiger charge is -2.41. The molecule has 0 N–H and O–H groups in total. The van der Waals surface area contributed by atoms with E-state index in [-0.39, 0.29) is 11.9 Å². The Labute approximate surface area is 134 Å². The lowest BCUT2D eigenvalue weighted by molar-refractivity contribution is 0.0719. The molecule has 1 fully saturated rings. The number of aromatic nitrogens is 3. The summed E-state index contributed by atoms with van der Waals surface area (Å²) in [5, 5.41) is 0. The van der Waals surface area contributed by atoms with Gasteiger partial charge in [-0.3, -0.25) is 9.78 Å². The Morgan fingerprint density at radius 2 is 2.04 bits per heavy atom. The Bertz CT molecular complexity index is 679. The highest BCUT2D eigenvalue weighted by molar-refractivity contribution is 5.92. The van der Waals surface area contributed by atoms with E-state index in [4.69, 9.17) is 4.74 Å². The highest BCUT2D eigenvalue weighted by Crippen LogP contribution is 2.20. The summed E-state index contributed by atoms with van der Waals surface area (Å²) in [4.78, 5) is 28.8. The number of ether oxygens (including phenoxy) is 1. The minimum Gasteiger partial charge on any atom is -0.481 e. The summed E-state index contributed by atoms with van der Waals surface area (Å²) in [7, 11) is 1.52. The van der Waals surface area contributed by atoms with Gasteiger partial charge in [-0.25, -0.2) is 9.97 Å². The first-order valence-corrected chi connectivity index (χ1v) is 7.51. The third kappa shape index (κ3) is 3.23. The van der Waals surface area contributed by atoms with Gasteiger partial charge in [-0.05, 0) is 19.1 Å². The van der Waals surface area contributed by atoms with E-state index in [1.54, 1.807) is 18.5 Å². The van der Waals surface area contributed by atoms with Gasteiger partial charge in [-0.15, -0.1) is 0 Å². The second kappa shape index (κ2) is 6.60. The van der Waals surface area contributed by atoms with Crippen LogP contribution in [0.2, 0.25) is 0 Å². The lowest BCUT2D eigenvalue weighted by atomic mass is 10.1. The largest absolute Gasteiger partial charge is 0.481 e. The first-order valence-electron chi connectivity index (χ1n) is 7.51. The Morgan fingerprint density at radius 1 is 1.26 bits per heavy atom. The fourth-order valence-corrected chi connectivity index (χ4v) is 2.79. The van der Waals surface area contributed by atoms with Gasteiger partial charge in [0.1, 0.15) is 12.0 Å². The van der Waals surface area contributed by atoms with Gasteiger partial charge < -0.3 is 14.5 Å². The maximum absolute atomic E-state index is 12.6. The van der Waals surface area contributed by atoms with E-state index in [9.17, 15) is 4.79 Å². The molecule has 0 radical (unpaired) electrons. The lowest BCUT2D eigenvalue weighted by Crippen LogP contribution is -2.53. The number of anilines is 1. The van der Waals surface area contributed by atoms with Crippen LogP contribution in [0.1, 0.15) is 17.4 Å². The van der Waals surface area contributed by atoms with Crippen LogP contribution >= 0.6 is 0 Å². The third-order valence-corrected chi connectivity index (χ3v) is 3.98. The highest BCUT2D eigenvalue weighted by Gasteiger charge is 2.28. The molecule has 2 aromatic heterocycles. The Kier molecular flexibility index (Phi) is 4.36. The molecule has 2 aromatic rings. The zero-order valence-corrected chi connectivity index (χ0v) is 13.2. The predicted octanol–water partition coefficient (Wildman–Crippen LogP) is 1.23. The minimum atomic E-state index is -0.0908. The minimum absolute atomic E-state index is 0.0908.